The molecule has 84 valence electrons. The van der Waals surface area contributed by atoms with Crippen molar-refractivity contribution in [2.75, 3.05) is 20.1 Å². The summed E-state index contributed by atoms with van der Waals surface area (Å²) in [4.78, 5) is 2.45. The van der Waals surface area contributed by atoms with Gasteiger partial charge >= 0.3 is 0 Å². The van der Waals surface area contributed by atoms with Gasteiger partial charge in [-0.1, -0.05) is 10.9 Å². The van der Waals surface area contributed by atoms with Crippen LogP contribution in [-0.4, -0.2) is 40.7 Å². The smallest absolute Gasteiger partial charge is 0.0893 e. The van der Waals surface area contributed by atoms with Gasteiger partial charge < -0.3 is 10.2 Å². The molecule has 0 amide bonds. The number of hydrogen-bond acceptors (Lipinski definition) is 5. The van der Waals surface area contributed by atoms with Crippen molar-refractivity contribution in [1.82, 2.24) is 19.8 Å². The standard InChI is InChI=1S/C10H18N4S/c1-14-5-3-2-4-10(14)7-11-6-9-8-15-13-12-9/h8,10-11H,2-7H2,1H3. The molecule has 2 rings (SSSR count). The quantitative estimate of drug-likeness (QED) is 0.835. The predicted octanol–water partition coefficient (Wildman–Crippen LogP) is 1.11. The fraction of sp³-hybridized carbons (Fsp3) is 0.800. The Labute approximate surface area is 94.8 Å². The Hall–Kier alpha value is -0.520. The van der Waals surface area contributed by atoms with Crippen LogP contribution in [0, 0.1) is 0 Å². The number of likely N-dealkylation sites (tertiary alicyclic amines) is 1. The molecule has 1 aromatic rings. The van der Waals surface area contributed by atoms with Gasteiger partial charge in [-0.2, -0.15) is 0 Å². The third-order valence-electron chi connectivity index (χ3n) is 3.01. The zero-order valence-electron chi connectivity index (χ0n) is 9.15. The van der Waals surface area contributed by atoms with Gasteiger partial charge in [0.2, 0.25) is 0 Å². The van der Waals surface area contributed by atoms with Crippen molar-refractivity contribution in [1.29, 1.82) is 0 Å². The molecule has 1 atom stereocenters. The number of piperidine rings is 1. The van der Waals surface area contributed by atoms with Gasteiger partial charge in [0.15, 0.2) is 0 Å². The summed E-state index contributed by atoms with van der Waals surface area (Å²) in [6.45, 7) is 3.15. The summed E-state index contributed by atoms with van der Waals surface area (Å²) in [6, 6.07) is 0.699. The monoisotopic (exact) mass is 226 g/mol. The van der Waals surface area contributed by atoms with E-state index in [0.717, 1.165) is 18.8 Å². The number of hydrogen-bond donors (Lipinski definition) is 1. The molecule has 1 N–H and O–H groups in total. The van der Waals surface area contributed by atoms with Crippen LogP contribution in [0.15, 0.2) is 5.38 Å². The van der Waals surface area contributed by atoms with Gasteiger partial charge in [0.1, 0.15) is 0 Å². The van der Waals surface area contributed by atoms with E-state index in [1.807, 2.05) is 5.38 Å². The molecule has 0 saturated carbocycles. The lowest BCUT2D eigenvalue weighted by molar-refractivity contribution is 0.181. The molecule has 2 heterocycles. The second-order valence-electron chi connectivity index (χ2n) is 4.16. The third kappa shape index (κ3) is 3.22. The van der Waals surface area contributed by atoms with Crippen LogP contribution in [0.2, 0.25) is 0 Å². The van der Waals surface area contributed by atoms with Gasteiger partial charge in [-0.3, -0.25) is 0 Å². The van der Waals surface area contributed by atoms with E-state index in [0.29, 0.717) is 6.04 Å². The van der Waals surface area contributed by atoms with Crippen LogP contribution in [0.3, 0.4) is 0 Å². The highest BCUT2D eigenvalue weighted by Crippen LogP contribution is 2.14. The molecular weight excluding hydrogens is 208 g/mol. The summed E-state index contributed by atoms with van der Waals surface area (Å²) in [5, 5.41) is 9.46. The molecule has 5 heteroatoms. The third-order valence-corrected chi connectivity index (χ3v) is 3.57. The fourth-order valence-corrected chi connectivity index (χ4v) is 2.48. The first-order valence-electron chi connectivity index (χ1n) is 5.53. The molecule has 15 heavy (non-hydrogen) atoms. The molecule has 4 nitrogen and oxygen atoms in total. The van der Waals surface area contributed by atoms with E-state index in [-0.39, 0.29) is 0 Å². The molecule has 0 spiro atoms. The number of nitrogens with zero attached hydrogens (tertiary/aromatic N) is 3. The van der Waals surface area contributed by atoms with E-state index < -0.39 is 0 Å². The molecule has 1 aliphatic rings. The Kier molecular flexibility index (Phi) is 4.05. The van der Waals surface area contributed by atoms with Crippen molar-refractivity contribution in [3.05, 3.63) is 11.1 Å². The van der Waals surface area contributed by atoms with Crippen molar-refractivity contribution < 1.29 is 0 Å². The molecule has 1 saturated heterocycles. The van der Waals surface area contributed by atoms with Gasteiger partial charge in [0.25, 0.3) is 0 Å². The van der Waals surface area contributed by atoms with Crippen LogP contribution in [0.4, 0.5) is 0 Å². The molecule has 1 aliphatic heterocycles. The van der Waals surface area contributed by atoms with E-state index in [2.05, 4.69) is 26.9 Å². The zero-order chi connectivity index (χ0) is 10.5. The molecule has 1 aromatic heterocycles. The SMILES string of the molecule is CN1CCCCC1CNCc1csnn1. The average molecular weight is 226 g/mol. The number of aromatic nitrogens is 2. The van der Waals surface area contributed by atoms with E-state index in [1.54, 1.807) is 0 Å². The molecular formula is C10H18N4S. The summed E-state index contributed by atoms with van der Waals surface area (Å²) in [6.07, 6.45) is 4.04. The average Bonchev–Trinajstić information content (AvgIpc) is 2.74. The van der Waals surface area contributed by atoms with Crippen molar-refractivity contribution in [2.45, 2.75) is 31.8 Å². The zero-order valence-corrected chi connectivity index (χ0v) is 9.96. The van der Waals surface area contributed by atoms with Crippen molar-refractivity contribution in [3.8, 4) is 0 Å². The minimum atomic E-state index is 0.699. The number of nitrogens with one attached hydrogen (secondary N) is 1. The Morgan fingerprint density at radius 3 is 3.27 bits per heavy atom. The number of rotatable bonds is 4. The van der Waals surface area contributed by atoms with Crippen LogP contribution >= 0.6 is 11.5 Å². The Morgan fingerprint density at radius 1 is 1.60 bits per heavy atom. The first kappa shape index (κ1) is 11.0. The maximum absolute atomic E-state index is 4.01. The Bertz CT molecular complexity index is 275. The molecule has 0 aliphatic carbocycles. The summed E-state index contributed by atoms with van der Waals surface area (Å²) in [5.41, 5.74) is 1.05. The minimum Gasteiger partial charge on any atom is -0.310 e. The Balaban J connectivity index is 1.68. The second-order valence-corrected chi connectivity index (χ2v) is 4.77. The first-order valence-corrected chi connectivity index (χ1v) is 6.37. The summed E-state index contributed by atoms with van der Waals surface area (Å²) >= 11 is 1.41. The van der Waals surface area contributed by atoms with Gasteiger partial charge in [0, 0.05) is 24.5 Å². The van der Waals surface area contributed by atoms with Crippen LogP contribution < -0.4 is 5.32 Å². The van der Waals surface area contributed by atoms with E-state index in [9.17, 15) is 0 Å². The van der Waals surface area contributed by atoms with E-state index in [1.165, 1.54) is 37.3 Å². The lowest BCUT2D eigenvalue weighted by Gasteiger charge is -2.32. The van der Waals surface area contributed by atoms with Crippen LogP contribution in [0.1, 0.15) is 25.0 Å². The van der Waals surface area contributed by atoms with Gasteiger partial charge in [-0.05, 0) is 38.0 Å². The molecule has 0 aromatic carbocycles. The van der Waals surface area contributed by atoms with Crippen LogP contribution in [0.25, 0.3) is 0 Å². The summed E-state index contributed by atoms with van der Waals surface area (Å²) < 4.78 is 3.84. The van der Waals surface area contributed by atoms with Crippen molar-refractivity contribution >= 4 is 11.5 Å². The maximum Gasteiger partial charge on any atom is 0.0893 e. The van der Waals surface area contributed by atoms with Crippen molar-refractivity contribution in [3.63, 3.8) is 0 Å². The lowest BCUT2D eigenvalue weighted by atomic mass is 10.0. The molecule has 0 bridgehead atoms. The van der Waals surface area contributed by atoms with Gasteiger partial charge in [-0.15, -0.1) is 5.10 Å². The van der Waals surface area contributed by atoms with Crippen molar-refractivity contribution in [2.24, 2.45) is 0 Å². The second kappa shape index (κ2) is 5.53. The largest absolute Gasteiger partial charge is 0.310 e. The molecule has 1 unspecified atom stereocenters. The highest BCUT2D eigenvalue weighted by molar-refractivity contribution is 7.03. The Morgan fingerprint density at radius 2 is 2.53 bits per heavy atom. The molecule has 0 radical (unpaired) electrons. The highest BCUT2D eigenvalue weighted by Gasteiger charge is 2.17. The maximum atomic E-state index is 4.01. The summed E-state index contributed by atoms with van der Waals surface area (Å²) in [7, 11) is 2.22. The normalized spacial score (nSPS) is 23.1. The van der Waals surface area contributed by atoms with Gasteiger partial charge in [-0.25, -0.2) is 0 Å². The van der Waals surface area contributed by atoms with Gasteiger partial charge in [0.05, 0.1) is 5.69 Å². The van der Waals surface area contributed by atoms with Crippen LogP contribution in [-0.2, 0) is 6.54 Å². The van der Waals surface area contributed by atoms with E-state index in [4.69, 9.17) is 0 Å². The lowest BCUT2D eigenvalue weighted by Crippen LogP contribution is -2.42. The first-order chi connectivity index (χ1) is 7.36. The fourth-order valence-electron chi connectivity index (χ4n) is 2.03. The van der Waals surface area contributed by atoms with E-state index >= 15 is 0 Å². The number of likely N-dealkylation sites (N-methyl/N-ethyl adjacent to an activating group) is 1. The predicted molar refractivity (Wildman–Crippen MR) is 61.9 cm³/mol. The topological polar surface area (TPSA) is 41.0 Å². The summed E-state index contributed by atoms with van der Waals surface area (Å²) in [5.74, 6) is 0. The minimum absolute atomic E-state index is 0.699. The van der Waals surface area contributed by atoms with Crippen LogP contribution in [0.5, 0.6) is 0 Å². The highest BCUT2D eigenvalue weighted by atomic mass is 32.1. The molecule has 1 fully saturated rings.